The molecule has 2 N–H and O–H groups in total. The second-order valence-corrected chi connectivity index (χ2v) is 11.5. The second kappa shape index (κ2) is 10.5. The molecule has 0 bridgehead atoms. The minimum Gasteiger partial charge on any atom is -0.495 e. The fourth-order valence-electron chi connectivity index (χ4n) is 4.36. The van der Waals surface area contributed by atoms with E-state index in [-0.39, 0.29) is 11.7 Å². The molecule has 0 radical (unpaired) electrons. The Morgan fingerprint density at radius 1 is 1.08 bits per heavy atom. The highest BCUT2D eigenvalue weighted by Crippen LogP contribution is 2.44. The summed E-state index contributed by atoms with van der Waals surface area (Å²) in [6.07, 6.45) is 2.79. The smallest absolute Gasteiger partial charge is 0.229 e. The number of sulfonamides is 1. The number of nitrogens with one attached hydrogen (secondary N) is 2. The van der Waals surface area contributed by atoms with Crippen molar-refractivity contribution in [1.29, 1.82) is 0 Å². The lowest BCUT2D eigenvalue weighted by Crippen LogP contribution is -2.29. The third-order valence-corrected chi connectivity index (χ3v) is 7.62. The van der Waals surface area contributed by atoms with E-state index < -0.39 is 16.1 Å². The predicted molar refractivity (Wildman–Crippen MR) is 154 cm³/mol. The van der Waals surface area contributed by atoms with Crippen LogP contribution in [0.1, 0.15) is 23.5 Å². The van der Waals surface area contributed by atoms with Crippen molar-refractivity contribution < 1.29 is 17.6 Å². The first-order valence-corrected chi connectivity index (χ1v) is 14.4. The molecule has 4 aromatic rings. The maximum atomic E-state index is 12.0. The standard InChI is InChI=1S/C26H22Cl2N4O4S2/c1-35-22-9-7-16(14-20(22)31-38(2,33)34)32-25(24(30-26(32)37)19-5-3-4-12-29-19)23-11-10-21(36-23)15-6-8-17(27)18(28)13-15/h3-14,24-25,31H,1-2H3,(H,30,37)/t24-,25+/m0/s1. The van der Waals surface area contributed by atoms with E-state index in [0.29, 0.717) is 38.1 Å². The average Bonchev–Trinajstić information content (AvgIpc) is 3.50. The number of nitrogens with zero attached hydrogens (tertiary/aromatic N) is 2. The van der Waals surface area contributed by atoms with Crippen molar-refractivity contribution in [3.8, 4) is 17.1 Å². The molecular weight excluding hydrogens is 567 g/mol. The van der Waals surface area contributed by atoms with Gasteiger partial charge in [0.1, 0.15) is 23.3 Å². The molecule has 196 valence electrons. The summed E-state index contributed by atoms with van der Waals surface area (Å²) in [6.45, 7) is 0. The van der Waals surface area contributed by atoms with Gasteiger partial charge < -0.3 is 19.4 Å². The fourth-order valence-corrected chi connectivity index (χ4v) is 5.57. The van der Waals surface area contributed by atoms with Crippen LogP contribution in [0, 0.1) is 0 Å². The van der Waals surface area contributed by atoms with Gasteiger partial charge in [-0.05, 0) is 72.9 Å². The van der Waals surface area contributed by atoms with Crippen LogP contribution < -0.4 is 19.7 Å². The highest BCUT2D eigenvalue weighted by molar-refractivity contribution is 7.92. The molecule has 8 nitrogen and oxygen atoms in total. The Labute approximate surface area is 235 Å². The number of methoxy groups -OCH3 is 1. The van der Waals surface area contributed by atoms with Crippen LogP contribution in [-0.2, 0) is 10.0 Å². The number of furan rings is 1. The van der Waals surface area contributed by atoms with E-state index in [2.05, 4.69) is 15.0 Å². The van der Waals surface area contributed by atoms with Crippen molar-refractivity contribution in [2.75, 3.05) is 23.0 Å². The minimum atomic E-state index is -3.56. The molecule has 1 fully saturated rings. The summed E-state index contributed by atoms with van der Waals surface area (Å²) in [7, 11) is -2.09. The van der Waals surface area contributed by atoms with Crippen LogP contribution in [0.25, 0.3) is 11.3 Å². The van der Waals surface area contributed by atoms with Crippen LogP contribution in [0.4, 0.5) is 11.4 Å². The van der Waals surface area contributed by atoms with E-state index in [1.807, 2.05) is 41.3 Å². The van der Waals surface area contributed by atoms with E-state index in [1.54, 1.807) is 36.5 Å². The zero-order valence-electron chi connectivity index (χ0n) is 20.2. The number of aromatic nitrogens is 1. The highest BCUT2D eigenvalue weighted by atomic mass is 35.5. The van der Waals surface area contributed by atoms with Gasteiger partial charge in [-0.3, -0.25) is 9.71 Å². The van der Waals surface area contributed by atoms with Crippen LogP contribution in [0.5, 0.6) is 5.75 Å². The Morgan fingerprint density at radius 2 is 1.89 bits per heavy atom. The lowest BCUT2D eigenvalue weighted by Gasteiger charge is -2.27. The first-order chi connectivity index (χ1) is 18.1. The van der Waals surface area contributed by atoms with Crippen LogP contribution >= 0.6 is 35.4 Å². The maximum Gasteiger partial charge on any atom is 0.229 e. The van der Waals surface area contributed by atoms with Crippen molar-refractivity contribution >= 4 is 61.9 Å². The summed E-state index contributed by atoms with van der Waals surface area (Å²) >= 11 is 18.1. The molecule has 0 saturated carbocycles. The molecule has 2 aromatic heterocycles. The Bertz CT molecular complexity index is 1610. The van der Waals surface area contributed by atoms with E-state index in [0.717, 1.165) is 17.5 Å². The predicted octanol–water partition coefficient (Wildman–Crippen LogP) is 6.21. The van der Waals surface area contributed by atoms with Gasteiger partial charge in [0.2, 0.25) is 10.0 Å². The van der Waals surface area contributed by atoms with E-state index in [4.69, 9.17) is 44.6 Å². The van der Waals surface area contributed by atoms with Crippen LogP contribution in [0.15, 0.2) is 77.3 Å². The number of rotatable bonds is 7. The fraction of sp³-hybridized carbons (Fsp3) is 0.154. The molecule has 0 amide bonds. The van der Waals surface area contributed by atoms with E-state index in [1.165, 1.54) is 7.11 Å². The largest absolute Gasteiger partial charge is 0.495 e. The quantitative estimate of drug-likeness (QED) is 0.246. The van der Waals surface area contributed by atoms with E-state index >= 15 is 0 Å². The van der Waals surface area contributed by atoms with Crippen molar-refractivity contribution in [3.05, 3.63) is 94.4 Å². The molecular formula is C26H22Cl2N4O4S2. The van der Waals surface area contributed by atoms with Crippen molar-refractivity contribution in [2.45, 2.75) is 12.1 Å². The summed E-state index contributed by atoms with van der Waals surface area (Å²) in [4.78, 5) is 6.42. The summed E-state index contributed by atoms with van der Waals surface area (Å²) < 4.78 is 38.2. The topological polar surface area (TPSA) is 96.7 Å². The van der Waals surface area contributed by atoms with Gasteiger partial charge in [0, 0.05) is 17.4 Å². The number of hydrogen-bond donors (Lipinski definition) is 2. The molecule has 12 heteroatoms. The average molecular weight is 590 g/mol. The summed E-state index contributed by atoms with van der Waals surface area (Å²) in [5, 5.41) is 4.65. The number of thiocarbonyl (C=S) groups is 1. The van der Waals surface area contributed by atoms with Gasteiger partial charge in [0.05, 0.1) is 40.8 Å². The summed E-state index contributed by atoms with van der Waals surface area (Å²) in [6, 6.07) is 19.0. The SMILES string of the molecule is COc1ccc(N2C(=S)N[C@@H](c3ccccn3)[C@H]2c2ccc(-c3ccc(Cl)c(Cl)c3)o2)cc1NS(C)(=O)=O. The van der Waals surface area contributed by atoms with E-state index in [9.17, 15) is 8.42 Å². The zero-order chi connectivity index (χ0) is 27.0. The Morgan fingerprint density at radius 3 is 2.58 bits per heavy atom. The number of halogens is 2. The van der Waals surface area contributed by atoms with Crippen molar-refractivity contribution in [3.63, 3.8) is 0 Å². The maximum absolute atomic E-state index is 12.0. The first kappa shape index (κ1) is 26.3. The van der Waals surface area contributed by atoms with Crippen molar-refractivity contribution in [1.82, 2.24) is 10.3 Å². The van der Waals surface area contributed by atoms with Gasteiger partial charge in [0.15, 0.2) is 5.11 Å². The molecule has 0 unspecified atom stereocenters. The van der Waals surface area contributed by atoms with Crippen LogP contribution in [-0.4, -0.2) is 31.9 Å². The van der Waals surface area contributed by atoms with Gasteiger partial charge in [-0.2, -0.15) is 0 Å². The Kier molecular flexibility index (Phi) is 7.23. The van der Waals surface area contributed by atoms with Gasteiger partial charge in [-0.15, -0.1) is 0 Å². The normalized spacial score (nSPS) is 17.4. The van der Waals surface area contributed by atoms with Gasteiger partial charge in [-0.1, -0.05) is 29.3 Å². The van der Waals surface area contributed by atoms with Crippen LogP contribution in [0.2, 0.25) is 10.0 Å². The molecule has 0 spiro atoms. The lowest BCUT2D eigenvalue weighted by molar-refractivity contribution is 0.416. The lowest BCUT2D eigenvalue weighted by atomic mass is 10.0. The molecule has 2 atom stereocenters. The van der Waals surface area contributed by atoms with Crippen molar-refractivity contribution in [2.24, 2.45) is 0 Å². The zero-order valence-corrected chi connectivity index (χ0v) is 23.3. The molecule has 3 heterocycles. The number of pyridine rings is 1. The number of ether oxygens (including phenoxy) is 1. The molecule has 1 aliphatic rings. The first-order valence-electron chi connectivity index (χ1n) is 11.4. The van der Waals surface area contributed by atoms with Crippen LogP contribution in [0.3, 0.4) is 0 Å². The van der Waals surface area contributed by atoms with Gasteiger partial charge in [-0.25, -0.2) is 8.42 Å². The minimum absolute atomic E-state index is 0.284. The number of hydrogen-bond acceptors (Lipinski definition) is 6. The number of anilines is 2. The summed E-state index contributed by atoms with van der Waals surface area (Å²) in [5.41, 5.74) is 2.44. The molecule has 5 rings (SSSR count). The molecule has 2 aromatic carbocycles. The summed E-state index contributed by atoms with van der Waals surface area (Å²) in [5.74, 6) is 1.59. The van der Waals surface area contributed by atoms with Gasteiger partial charge >= 0.3 is 0 Å². The molecule has 38 heavy (non-hydrogen) atoms. The highest BCUT2D eigenvalue weighted by Gasteiger charge is 2.42. The third kappa shape index (κ3) is 5.30. The van der Waals surface area contributed by atoms with Gasteiger partial charge in [0.25, 0.3) is 0 Å². The molecule has 1 saturated heterocycles. The second-order valence-electron chi connectivity index (χ2n) is 8.59. The third-order valence-electron chi connectivity index (χ3n) is 5.98. The Balaban J connectivity index is 1.61. The molecule has 1 aliphatic heterocycles. The monoisotopic (exact) mass is 588 g/mol. The Hall–Kier alpha value is -3.31. The number of benzene rings is 2. The molecule has 0 aliphatic carbocycles.